The van der Waals surface area contributed by atoms with Gasteiger partial charge in [-0.25, -0.2) is 5.01 Å². The number of carbonyl (C=O) groups excluding carboxylic acids is 1. The van der Waals surface area contributed by atoms with Gasteiger partial charge >= 0.3 is 0 Å². The third-order valence-corrected chi connectivity index (χ3v) is 6.16. The van der Waals surface area contributed by atoms with Crippen LogP contribution in [0.1, 0.15) is 36.2 Å². The minimum Gasteiger partial charge on any atom is -0.273 e. The SMILES string of the molecule is CC(=O)N1N=C(c2c(C)nc3ccccc3c2-c2ccc(Cl)cc2)C[C@@H]1c1ccccc1. The molecule has 5 heteroatoms. The van der Waals surface area contributed by atoms with Gasteiger partial charge in [-0.1, -0.05) is 72.3 Å². The summed E-state index contributed by atoms with van der Waals surface area (Å²) in [4.78, 5) is 17.4. The fraction of sp³-hybridized carbons (Fsp3) is 0.148. The number of hydrazone groups is 1. The molecular weight excluding hydrogens is 418 g/mol. The lowest BCUT2D eigenvalue weighted by atomic mass is 9.89. The van der Waals surface area contributed by atoms with Crippen molar-refractivity contribution in [2.45, 2.75) is 26.3 Å². The van der Waals surface area contributed by atoms with Crippen LogP contribution in [-0.4, -0.2) is 21.6 Å². The second kappa shape index (κ2) is 8.21. The first-order valence-electron chi connectivity index (χ1n) is 10.6. The van der Waals surface area contributed by atoms with Crippen LogP contribution in [0.15, 0.2) is 84.0 Å². The number of nitrogens with zero attached hydrogens (tertiary/aromatic N) is 3. The van der Waals surface area contributed by atoms with Crippen LogP contribution in [0.5, 0.6) is 0 Å². The summed E-state index contributed by atoms with van der Waals surface area (Å²) in [5, 5.41) is 8.17. The van der Waals surface area contributed by atoms with E-state index in [-0.39, 0.29) is 11.9 Å². The topological polar surface area (TPSA) is 45.6 Å². The number of aromatic nitrogens is 1. The van der Waals surface area contributed by atoms with Gasteiger partial charge in [-0.15, -0.1) is 0 Å². The van der Waals surface area contributed by atoms with E-state index in [1.165, 1.54) is 0 Å². The smallest absolute Gasteiger partial charge is 0.240 e. The zero-order valence-electron chi connectivity index (χ0n) is 17.9. The Bertz CT molecular complexity index is 1350. The molecule has 0 spiro atoms. The molecule has 0 unspecified atom stereocenters. The molecule has 0 N–H and O–H groups in total. The summed E-state index contributed by atoms with van der Waals surface area (Å²) in [7, 11) is 0. The monoisotopic (exact) mass is 439 g/mol. The molecule has 1 aliphatic rings. The van der Waals surface area contributed by atoms with Crippen LogP contribution in [0, 0.1) is 6.92 Å². The Morgan fingerprint density at radius 2 is 1.62 bits per heavy atom. The fourth-order valence-electron chi connectivity index (χ4n) is 4.49. The van der Waals surface area contributed by atoms with Crippen molar-refractivity contribution in [1.82, 2.24) is 9.99 Å². The molecule has 0 bridgehead atoms. The number of hydrogen-bond donors (Lipinski definition) is 0. The van der Waals surface area contributed by atoms with Crippen molar-refractivity contribution in [3.05, 3.63) is 101 Å². The lowest BCUT2D eigenvalue weighted by Crippen LogP contribution is -2.24. The Kier molecular flexibility index (Phi) is 5.24. The van der Waals surface area contributed by atoms with Gasteiger partial charge in [0.2, 0.25) is 5.91 Å². The fourth-order valence-corrected chi connectivity index (χ4v) is 4.62. The van der Waals surface area contributed by atoms with Crippen LogP contribution in [0.2, 0.25) is 5.02 Å². The van der Waals surface area contributed by atoms with Crippen LogP contribution in [-0.2, 0) is 4.79 Å². The van der Waals surface area contributed by atoms with Gasteiger partial charge < -0.3 is 0 Å². The first-order valence-corrected chi connectivity index (χ1v) is 11.0. The summed E-state index contributed by atoms with van der Waals surface area (Å²) in [5.41, 5.74) is 6.86. The maximum Gasteiger partial charge on any atom is 0.240 e. The minimum absolute atomic E-state index is 0.0757. The molecule has 0 saturated heterocycles. The van der Waals surface area contributed by atoms with E-state index >= 15 is 0 Å². The Balaban J connectivity index is 1.73. The lowest BCUT2D eigenvalue weighted by Gasteiger charge is -2.20. The van der Waals surface area contributed by atoms with Crippen molar-refractivity contribution < 1.29 is 4.79 Å². The average molecular weight is 440 g/mol. The largest absolute Gasteiger partial charge is 0.273 e. The number of pyridine rings is 1. The quantitative estimate of drug-likeness (QED) is 0.362. The van der Waals surface area contributed by atoms with E-state index in [1.807, 2.05) is 79.7 Å². The Morgan fingerprint density at radius 3 is 2.34 bits per heavy atom. The molecule has 1 amide bonds. The molecule has 158 valence electrons. The van der Waals surface area contributed by atoms with Crippen molar-refractivity contribution in [2.75, 3.05) is 0 Å². The number of carbonyl (C=O) groups is 1. The predicted octanol–water partition coefficient (Wildman–Crippen LogP) is 6.56. The molecule has 0 saturated carbocycles. The van der Waals surface area contributed by atoms with Gasteiger partial charge in [0.05, 0.1) is 17.3 Å². The van der Waals surface area contributed by atoms with Gasteiger partial charge in [-0.3, -0.25) is 9.78 Å². The second-order valence-electron chi connectivity index (χ2n) is 8.01. The van der Waals surface area contributed by atoms with Crippen LogP contribution >= 0.6 is 11.6 Å². The summed E-state index contributed by atoms with van der Waals surface area (Å²) in [6.07, 6.45) is 0.630. The van der Waals surface area contributed by atoms with Gasteiger partial charge in [0.25, 0.3) is 0 Å². The zero-order chi connectivity index (χ0) is 22.2. The summed E-state index contributed by atoms with van der Waals surface area (Å²) >= 11 is 6.18. The number of benzene rings is 3. The van der Waals surface area contributed by atoms with Crippen molar-refractivity contribution in [3.63, 3.8) is 0 Å². The van der Waals surface area contributed by atoms with Crippen LogP contribution in [0.3, 0.4) is 0 Å². The van der Waals surface area contributed by atoms with Crippen LogP contribution in [0.25, 0.3) is 22.0 Å². The van der Waals surface area contributed by atoms with Gasteiger partial charge in [-0.05, 0) is 36.2 Å². The van der Waals surface area contributed by atoms with Crippen LogP contribution < -0.4 is 0 Å². The molecule has 0 radical (unpaired) electrons. The van der Waals surface area contributed by atoms with Gasteiger partial charge in [0, 0.05) is 40.6 Å². The third-order valence-electron chi connectivity index (χ3n) is 5.91. The van der Waals surface area contributed by atoms with E-state index in [0.717, 1.165) is 44.6 Å². The minimum atomic E-state index is -0.132. The molecule has 2 heterocycles. The first-order chi connectivity index (χ1) is 15.5. The number of halogens is 1. The summed E-state index contributed by atoms with van der Waals surface area (Å²) in [6.45, 7) is 3.58. The molecule has 32 heavy (non-hydrogen) atoms. The van der Waals surface area contributed by atoms with Crippen molar-refractivity contribution in [3.8, 4) is 11.1 Å². The van der Waals surface area contributed by atoms with Crippen molar-refractivity contribution >= 4 is 34.1 Å². The molecule has 1 aromatic heterocycles. The van der Waals surface area contributed by atoms with Crippen molar-refractivity contribution in [1.29, 1.82) is 0 Å². The van der Waals surface area contributed by atoms with E-state index in [2.05, 4.69) is 6.07 Å². The number of amides is 1. The van der Waals surface area contributed by atoms with E-state index in [1.54, 1.807) is 11.9 Å². The maximum atomic E-state index is 12.5. The normalized spacial score (nSPS) is 15.8. The highest BCUT2D eigenvalue weighted by Crippen LogP contribution is 2.39. The summed E-state index contributed by atoms with van der Waals surface area (Å²) in [5.74, 6) is -0.0757. The van der Waals surface area contributed by atoms with Gasteiger partial charge in [0.15, 0.2) is 0 Å². The molecule has 4 aromatic rings. The van der Waals surface area contributed by atoms with Gasteiger partial charge in [0.1, 0.15) is 0 Å². The van der Waals surface area contributed by atoms with E-state index in [9.17, 15) is 4.79 Å². The number of hydrogen-bond acceptors (Lipinski definition) is 3. The van der Waals surface area contributed by atoms with E-state index in [0.29, 0.717) is 11.4 Å². The Labute approximate surface area is 192 Å². The number of aryl methyl sites for hydroxylation is 1. The molecule has 0 fully saturated rings. The standard InChI is InChI=1S/C27H22ClN3O/c1-17-26(24-16-25(31(30-24)18(2)32)19-8-4-3-5-9-19)27(20-12-14-21(28)15-13-20)22-10-6-7-11-23(22)29-17/h3-15,25H,16H2,1-2H3/t25-/m1/s1. The maximum absolute atomic E-state index is 12.5. The molecule has 3 aromatic carbocycles. The molecule has 1 atom stereocenters. The number of fused-ring (bicyclic) bond motifs is 1. The average Bonchev–Trinajstić information content (AvgIpc) is 3.25. The predicted molar refractivity (Wildman–Crippen MR) is 130 cm³/mol. The summed E-state index contributed by atoms with van der Waals surface area (Å²) < 4.78 is 0. The third kappa shape index (κ3) is 3.57. The first kappa shape index (κ1) is 20.4. The molecule has 4 nitrogen and oxygen atoms in total. The van der Waals surface area contributed by atoms with Crippen molar-refractivity contribution in [2.24, 2.45) is 5.10 Å². The molecule has 0 aliphatic carbocycles. The lowest BCUT2D eigenvalue weighted by molar-refractivity contribution is -0.130. The summed E-state index contributed by atoms with van der Waals surface area (Å²) in [6, 6.07) is 25.9. The van der Waals surface area contributed by atoms with E-state index < -0.39 is 0 Å². The number of para-hydroxylation sites is 1. The highest BCUT2D eigenvalue weighted by Gasteiger charge is 2.33. The van der Waals surface area contributed by atoms with Crippen LogP contribution in [0.4, 0.5) is 0 Å². The zero-order valence-corrected chi connectivity index (χ0v) is 18.7. The van der Waals surface area contributed by atoms with E-state index in [4.69, 9.17) is 21.7 Å². The number of rotatable bonds is 3. The Morgan fingerprint density at radius 1 is 0.938 bits per heavy atom. The molecule has 1 aliphatic heterocycles. The molecule has 5 rings (SSSR count). The highest BCUT2D eigenvalue weighted by molar-refractivity contribution is 6.30. The molecular formula is C27H22ClN3O. The Hall–Kier alpha value is -3.50. The highest BCUT2D eigenvalue weighted by atomic mass is 35.5. The second-order valence-corrected chi connectivity index (χ2v) is 8.45. The van der Waals surface area contributed by atoms with Gasteiger partial charge in [-0.2, -0.15) is 5.10 Å².